The lowest BCUT2D eigenvalue weighted by Gasteiger charge is -2.03. The molecule has 0 saturated heterocycles. The van der Waals surface area contributed by atoms with Gasteiger partial charge in [-0.2, -0.15) is 0 Å². The van der Waals surface area contributed by atoms with E-state index in [1.54, 1.807) is 13.0 Å². The number of hydrogen-bond donors (Lipinski definition) is 0. The Morgan fingerprint density at radius 2 is 2.21 bits per heavy atom. The first-order chi connectivity index (χ1) is 9.29. The lowest BCUT2D eigenvalue weighted by molar-refractivity contribution is -0.137. The number of benzene rings is 1. The van der Waals surface area contributed by atoms with E-state index in [4.69, 9.17) is 18.9 Å². The zero-order chi connectivity index (χ0) is 13.5. The maximum atomic E-state index is 11.0. The second-order valence-corrected chi connectivity index (χ2v) is 3.86. The molecule has 102 valence electrons. The van der Waals surface area contributed by atoms with Crippen molar-refractivity contribution in [3.63, 3.8) is 0 Å². The number of hydrogen-bond acceptors (Lipinski definition) is 5. The van der Waals surface area contributed by atoms with Crippen molar-refractivity contribution in [2.24, 2.45) is 0 Å². The van der Waals surface area contributed by atoms with Crippen LogP contribution in [0.3, 0.4) is 0 Å². The van der Waals surface area contributed by atoms with Gasteiger partial charge in [0.2, 0.25) is 6.79 Å². The SMILES string of the molecule is CCOC(=O)/C=C/COCc1ccc2c(c1)OCO2. The smallest absolute Gasteiger partial charge is 0.330 e. The molecular formula is C14H16O5. The van der Waals surface area contributed by atoms with Gasteiger partial charge in [-0.25, -0.2) is 4.79 Å². The van der Waals surface area contributed by atoms with E-state index in [1.807, 2.05) is 18.2 Å². The highest BCUT2D eigenvalue weighted by molar-refractivity contribution is 5.81. The predicted octanol–water partition coefficient (Wildman–Crippen LogP) is 2.05. The highest BCUT2D eigenvalue weighted by Crippen LogP contribution is 2.32. The van der Waals surface area contributed by atoms with Crippen LogP contribution < -0.4 is 9.47 Å². The van der Waals surface area contributed by atoms with Crippen molar-refractivity contribution in [3.05, 3.63) is 35.9 Å². The molecule has 0 bridgehead atoms. The molecule has 1 aromatic carbocycles. The Kier molecular flexibility index (Phi) is 4.80. The Hall–Kier alpha value is -2.01. The van der Waals surface area contributed by atoms with Crippen LogP contribution >= 0.6 is 0 Å². The van der Waals surface area contributed by atoms with Crippen molar-refractivity contribution in [2.45, 2.75) is 13.5 Å². The van der Waals surface area contributed by atoms with Crippen LogP contribution in [0.2, 0.25) is 0 Å². The van der Waals surface area contributed by atoms with Gasteiger partial charge in [-0.15, -0.1) is 0 Å². The van der Waals surface area contributed by atoms with Crippen LogP contribution in [-0.4, -0.2) is 26.0 Å². The highest BCUT2D eigenvalue weighted by Gasteiger charge is 2.12. The van der Waals surface area contributed by atoms with Gasteiger partial charge < -0.3 is 18.9 Å². The average Bonchev–Trinajstić information content (AvgIpc) is 2.86. The van der Waals surface area contributed by atoms with Crippen LogP contribution in [0.1, 0.15) is 12.5 Å². The fraction of sp³-hybridized carbons (Fsp3) is 0.357. The Morgan fingerprint density at radius 3 is 3.05 bits per heavy atom. The molecule has 1 aromatic rings. The van der Waals surface area contributed by atoms with E-state index in [2.05, 4.69) is 0 Å². The van der Waals surface area contributed by atoms with E-state index < -0.39 is 0 Å². The second-order valence-electron chi connectivity index (χ2n) is 3.86. The fourth-order valence-electron chi connectivity index (χ4n) is 1.61. The largest absolute Gasteiger partial charge is 0.463 e. The molecule has 5 nitrogen and oxygen atoms in total. The first kappa shape index (κ1) is 13.4. The van der Waals surface area contributed by atoms with E-state index in [0.29, 0.717) is 19.8 Å². The van der Waals surface area contributed by atoms with Crippen molar-refractivity contribution >= 4 is 5.97 Å². The Balaban J connectivity index is 1.73. The van der Waals surface area contributed by atoms with E-state index in [0.717, 1.165) is 17.1 Å². The lowest BCUT2D eigenvalue weighted by Crippen LogP contribution is -2.00. The standard InChI is InChI=1S/C14H16O5/c1-2-17-14(15)4-3-7-16-9-11-5-6-12-13(8-11)19-10-18-12/h3-6,8H,2,7,9-10H2,1H3/b4-3+. The van der Waals surface area contributed by atoms with Crippen molar-refractivity contribution in [3.8, 4) is 11.5 Å². The van der Waals surface area contributed by atoms with Crippen LogP contribution in [0, 0.1) is 0 Å². The second kappa shape index (κ2) is 6.80. The summed E-state index contributed by atoms with van der Waals surface area (Å²) in [6, 6.07) is 5.66. The Bertz CT molecular complexity index is 467. The summed E-state index contributed by atoms with van der Waals surface area (Å²) in [6.07, 6.45) is 2.99. The van der Waals surface area contributed by atoms with Gasteiger partial charge in [0.25, 0.3) is 0 Å². The third kappa shape index (κ3) is 3.99. The molecule has 0 radical (unpaired) electrons. The zero-order valence-electron chi connectivity index (χ0n) is 10.8. The number of rotatable bonds is 6. The first-order valence-corrected chi connectivity index (χ1v) is 6.09. The summed E-state index contributed by atoms with van der Waals surface area (Å²) in [5, 5.41) is 0. The summed E-state index contributed by atoms with van der Waals surface area (Å²) in [5.74, 6) is 1.14. The molecular weight excluding hydrogens is 248 g/mol. The van der Waals surface area contributed by atoms with Gasteiger partial charge in [0.1, 0.15) is 0 Å². The molecule has 1 heterocycles. The molecule has 0 fully saturated rings. The number of esters is 1. The van der Waals surface area contributed by atoms with E-state index in [1.165, 1.54) is 6.08 Å². The van der Waals surface area contributed by atoms with Crippen LogP contribution in [-0.2, 0) is 20.9 Å². The first-order valence-electron chi connectivity index (χ1n) is 6.09. The van der Waals surface area contributed by atoms with E-state index in [9.17, 15) is 4.79 Å². The molecule has 0 amide bonds. The third-order valence-electron chi connectivity index (χ3n) is 2.46. The number of fused-ring (bicyclic) bond motifs is 1. The maximum absolute atomic E-state index is 11.0. The minimum Gasteiger partial charge on any atom is -0.463 e. The summed E-state index contributed by atoms with van der Waals surface area (Å²) in [7, 11) is 0. The summed E-state index contributed by atoms with van der Waals surface area (Å²) < 4.78 is 20.7. The number of ether oxygens (including phenoxy) is 4. The molecule has 0 unspecified atom stereocenters. The Morgan fingerprint density at radius 1 is 1.37 bits per heavy atom. The summed E-state index contributed by atoms with van der Waals surface area (Å²) >= 11 is 0. The fourth-order valence-corrected chi connectivity index (χ4v) is 1.61. The minimum absolute atomic E-state index is 0.266. The van der Waals surface area contributed by atoms with Crippen molar-refractivity contribution < 1.29 is 23.7 Å². The topological polar surface area (TPSA) is 54.0 Å². The number of carbonyl (C=O) groups excluding carboxylic acids is 1. The maximum Gasteiger partial charge on any atom is 0.330 e. The van der Waals surface area contributed by atoms with Crippen molar-refractivity contribution in [1.29, 1.82) is 0 Å². The van der Waals surface area contributed by atoms with Crippen molar-refractivity contribution in [1.82, 2.24) is 0 Å². The van der Waals surface area contributed by atoms with E-state index >= 15 is 0 Å². The van der Waals surface area contributed by atoms with Gasteiger partial charge in [-0.3, -0.25) is 0 Å². The highest BCUT2D eigenvalue weighted by atomic mass is 16.7. The monoisotopic (exact) mass is 264 g/mol. The van der Waals surface area contributed by atoms with Gasteiger partial charge in [0.15, 0.2) is 11.5 Å². The summed E-state index contributed by atoms with van der Waals surface area (Å²) in [5.41, 5.74) is 0.994. The van der Waals surface area contributed by atoms with Gasteiger partial charge in [-0.1, -0.05) is 12.1 Å². The molecule has 0 atom stereocenters. The Labute approximate surface area is 111 Å². The molecule has 19 heavy (non-hydrogen) atoms. The third-order valence-corrected chi connectivity index (χ3v) is 2.46. The van der Waals surface area contributed by atoms with Crippen molar-refractivity contribution in [2.75, 3.05) is 20.0 Å². The molecule has 0 N–H and O–H groups in total. The molecule has 0 aromatic heterocycles. The van der Waals surface area contributed by atoms with Crippen LogP contribution in [0.4, 0.5) is 0 Å². The molecule has 1 aliphatic rings. The van der Waals surface area contributed by atoms with Crippen LogP contribution in [0.15, 0.2) is 30.4 Å². The molecule has 0 spiro atoms. The van der Waals surface area contributed by atoms with Gasteiger partial charge in [0, 0.05) is 6.08 Å². The number of carbonyl (C=O) groups is 1. The summed E-state index contributed by atoms with van der Waals surface area (Å²) in [6.45, 7) is 3.21. The average molecular weight is 264 g/mol. The van der Waals surface area contributed by atoms with Crippen LogP contribution in [0.25, 0.3) is 0 Å². The molecule has 0 saturated carbocycles. The quantitative estimate of drug-likeness (QED) is 0.447. The summed E-state index contributed by atoms with van der Waals surface area (Å²) in [4.78, 5) is 11.0. The van der Waals surface area contributed by atoms with Gasteiger partial charge >= 0.3 is 5.97 Å². The van der Waals surface area contributed by atoms with Crippen LogP contribution in [0.5, 0.6) is 11.5 Å². The predicted molar refractivity (Wildman–Crippen MR) is 68.0 cm³/mol. The van der Waals surface area contributed by atoms with Gasteiger partial charge in [-0.05, 0) is 24.6 Å². The lowest BCUT2D eigenvalue weighted by atomic mass is 10.2. The minimum atomic E-state index is -0.353. The molecule has 5 heteroatoms. The molecule has 1 aliphatic heterocycles. The normalized spacial score (nSPS) is 12.9. The van der Waals surface area contributed by atoms with E-state index in [-0.39, 0.29) is 12.8 Å². The molecule has 0 aliphatic carbocycles. The molecule has 2 rings (SSSR count). The van der Waals surface area contributed by atoms with Gasteiger partial charge in [0.05, 0.1) is 19.8 Å². The zero-order valence-corrected chi connectivity index (χ0v) is 10.8.